The van der Waals surface area contributed by atoms with Gasteiger partial charge in [0.2, 0.25) is 5.91 Å². The predicted octanol–water partition coefficient (Wildman–Crippen LogP) is -0.104. The Morgan fingerprint density at radius 3 is 2.50 bits per heavy atom. The van der Waals surface area contributed by atoms with Gasteiger partial charge in [-0.1, -0.05) is 0 Å². The van der Waals surface area contributed by atoms with Crippen molar-refractivity contribution < 1.29 is 14.7 Å². The molecule has 1 fully saturated rings. The van der Waals surface area contributed by atoms with Crippen molar-refractivity contribution in [3.05, 3.63) is 0 Å². The molecule has 0 bridgehead atoms. The molecule has 0 radical (unpaired) electrons. The third kappa shape index (κ3) is 2.41. The number of thiol groups is 1. The normalized spacial score (nSPS) is 18.4. The van der Waals surface area contributed by atoms with E-state index in [4.69, 9.17) is 5.11 Å². The van der Waals surface area contributed by atoms with Crippen LogP contribution in [0.25, 0.3) is 0 Å². The SMILES string of the molecule is O=C(N[C@@H](CS)C(=O)O)C1CC1. The summed E-state index contributed by atoms with van der Waals surface area (Å²) in [4.78, 5) is 21.5. The van der Waals surface area contributed by atoms with Gasteiger partial charge in [0.1, 0.15) is 6.04 Å². The standard InChI is InChI=1S/C7H11NO3S/c9-6(4-1-2-4)8-5(3-12)7(10)11/h4-5,12H,1-3H2,(H,8,9)(H,10,11)/t5-/m0/s1. The fourth-order valence-electron chi connectivity index (χ4n) is 0.821. The molecule has 1 amide bonds. The first-order valence-electron chi connectivity index (χ1n) is 3.79. The van der Waals surface area contributed by atoms with Gasteiger partial charge in [0.25, 0.3) is 0 Å². The number of amides is 1. The van der Waals surface area contributed by atoms with Crippen molar-refractivity contribution in [2.24, 2.45) is 5.92 Å². The van der Waals surface area contributed by atoms with Gasteiger partial charge in [0, 0.05) is 11.7 Å². The van der Waals surface area contributed by atoms with E-state index in [1.165, 1.54) is 0 Å². The molecule has 68 valence electrons. The molecule has 1 aliphatic carbocycles. The highest BCUT2D eigenvalue weighted by atomic mass is 32.1. The van der Waals surface area contributed by atoms with Crippen molar-refractivity contribution in [2.45, 2.75) is 18.9 Å². The number of rotatable bonds is 4. The molecular formula is C7H11NO3S. The van der Waals surface area contributed by atoms with Crippen molar-refractivity contribution in [1.82, 2.24) is 5.32 Å². The smallest absolute Gasteiger partial charge is 0.327 e. The molecule has 4 nitrogen and oxygen atoms in total. The number of carbonyl (C=O) groups excluding carboxylic acids is 1. The zero-order valence-electron chi connectivity index (χ0n) is 6.49. The summed E-state index contributed by atoms with van der Waals surface area (Å²) < 4.78 is 0. The van der Waals surface area contributed by atoms with Crippen LogP contribution in [0.5, 0.6) is 0 Å². The van der Waals surface area contributed by atoms with E-state index in [-0.39, 0.29) is 17.6 Å². The number of hydrogen-bond donors (Lipinski definition) is 3. The summed E-state index contributed by atoms with van der Waals surface area (Å²) in [6.45, 7) is 0. The van der Waals surface area contributed by atoms with Gasteiger partial charge in [-0.05, 0) is 12.8 Å². The Labute approximate surface area is 75.7 Å². The van der Waals surface area contributed by atoms with Crippen LogP contribution < -0.4 is 5.32 Å². The van der Waals surface area contributed by atoms with E-state index in [2.05, 4.69) is 17.9 Å². The molecule has 0 aromatic carbocycles. The summed E-state index contributed by atoms with van der Waals surface area (Å²) in [7, 11) is 0. The number of nitrogens with one attached hydrogen (secondary N) is 1. The molecule has 0 aliphatic heterocycles. The van der Waals surface area contributed by atoms with Gasteiger partial charge in [-0.15, -0.1) is 0 Å². The number of aliphatic carboxylic acids is 1. The molecule has 5 heteroatoms. The van der Waals surface area contributed by atoms with Crippen LogP contribution in [0.3, 0.4) is 0 Å². The van der Waals surface area contributed by atoms with Crippen LogP contribution in [0.15, 0.2) is 0 Å². The molecule has 2 N–H and O–H groups in total. The van der Waals surface area contributed by atoms with Gasteiger partial charge < -0.3 is 10.4 Å². The van der Waals surface area contributed by atoms with Crippen LogP contribution in [-0.4, -0.2) is 28.8 Å². The highest BCUT2D eigenvalue weighted by Gasteiger charge is 2.31. The molecule has 0 aromatic heterocycles. The lowest BCUT2D eigenvalue weighted by Crippen LogP contribution is -2.42. The molecule has 1 saturated carbocycles. The summed E-state index contributed by atoms with van der Waals surface area (Å²) >= 11 is 3.82. The minimum atomic E-state index is -1.03. The second-order valence-corrected chi connectivity index (χ2v) is 3.22. The summed E-state index contributed by atoms with van der Waals surface area (Å²) in [6.07, 6.45) is 1.76. The first kappa shape index (κ1) is 9.38. The summed E-state index contributed by atoms with van der Waals surface area (Å²) in [6, 6.07) is -0.846. The average Bonchev–Trinajstić information content (AvgIpc) is 2.80. The maximum atomic E-state index is 11.1. The minimum Gasteiger partial charge on any atom is -0.480 e. The van der Waals surface area contributed by atoms with Crippen molar-refractivity contribution in [3.63, 3.8) is 0 Å². The predicted molar refractivity (Wildman–Crippen MR) is 46.1 cm³/mol. The summed E-state index contributed by atoms with van der Waals surface area (Å²) in [5.41, 5.74) is 0. The van der Waals surface area contributed by atoms with Gasteiger partial charge in [-0.2, -0.15) is 12.6 Å². The minimum absolute atomic E-state index is 0.0479. The molecule has 0 unspecified atom stereocenters. The largest absolute Gasteiger partial charge is 0.480 e. The Morgan fingerprint density at radius 2 is 2.17 bits per heavy atom. The van der Waals surface area contributed by atoms with Crippen LogP contribution in [0.4, 0.5) is 0 Å². The van der Waals surface area contributed by atoms with Gasteiger partial charge in [0.05, 0.1) is 0 Å². The van der Waals surface area contributed by atoms with E-state index in [1.54, 1.807) is 0 Å². The van der Waals surface area contributed by atoms with Crippen LogP contribution >= 0.6 is 12.6 Å². The number of carboxylic acid groups (broad SMARTS) is 1. The maximum Gasteiger partial charge on any atom is 0.327 e. The molecule has 0 heterocycles. The Hall–Kier alpha value is -0.710. The molecule has 0 aromatic rings. The Morgan fingerprint density at radius 1 is 1.58 bits per heavy atom. The fourth-order valence-corrected chi connectivity index (χ4v) is 1.07. The Balaban J connectivity index is 2.35. The average molecular weight is 189 g/mol. The molecular weight excluding hydrogens is 178 g/mol. The van der Waals surface area contributed by atoms with Crippen molar-refractivity contribution in [2.75, 3.05) is 5.75 Å². The molecule has 1 atom stereocenters. The first-order valence-corrected chi connectivity index (χ1v) is 4.42. The molecule has 1 rings (SSSR count). The molecule has 12 heavy (non-hydrogen) atoms. The fraction of sp³-hybridized carbons (Fsp3) is 0.714. The van der Waals surface area contributed by atoms with Crippen LogP contribution in [-0.2, 0) is 9.59 Å². The zero-order valence-corrected chi connectivity index (χ0v) is 7.38. The van der Waals surface area contributed by atoms with Gasteiger partial charge >= 0.3 is 5.97 Å². The van der Waals surface area contributed by atoms with Gasteiger partial charge in [-0.25, -0.2) is 4.79 Å². The zero-order chi connectivity index (χ0) is 9.14. The van der Waals surface area contributed by atoms with E-state index in [0.29, 0.717) is 0 Å². The first-order chi connectivity index (χ1) is 5.65. The third-order valence-electron chi connectivity index (χ3n) is 1.75. The summed E-state index contributed by atoms with van der Waals surface area (Å²) in [5.74, 6) is -1.00. The van der Waals surface area contributed by atoms with E-state index in [0.717, 1.165) is 12.8 Å². The summed E-state index contributed by atoms with van der Waals surface area (Å²) in [5, 5.41) is 11.0. The lowest BCUT2D eigenvalue weighted by atomic mass is 10.3. The van der Waals surface area contributed by atoms with Crippen LogP contribution in [0.2, 0.25) is 0 Å². The molecule has 0 spiro atoms. The van der Waals surface area contributed by atoms with E-state index in [9.17, 15) is 9.59 Å². The Bertz CT molecular complexity index is 203. The monoisotopic (exact) mass is 189 g/mol. The number of carbonyl (C=O) groups is 2. The highest BCUT2D eigenvalue weighted by Crippen LogP contribution is 2.28. The van der Waals surface area contributed by atoms with Crippen molar-refractivity contribution >= 4 is 24.5 Å². The Kier molecular flexibility index (Phi) is 2.97. The van der Waals surface area contributed by atoms with Crippen LogP contribution in [0, 0.1) is 5.92 Å². The van der Waals surface area contributed by atoms with Crippen LogP contribution in [0.1, 0.15) is 12.8 Å². The number of carboxylic acids is 1. The van der Waals surface area contributed by atoms with E-state index < -0.39 is 12.0 Å². The van der Waals surface area contributed by atoms with E-state index >= 15 is 0 Å². The maximum absolute atomic E-state index is 11.1. The number of hydrogen-bond acceptors (Lipinski definition) is 3. The van der Waals surface area contributed by atoms with Gasteiger partial charge in [0.15, 0.2) is 0 Å². The third-order valence-corrected chi connectivity index (χ3v) is 2.11. The quantitative estimate of drug-likeness (QED) is 0.541. The lowest BCUT2D eigenvalue weighted by molar-refractivity contribution is -0.141. The second-order valence-electron chi connectivity index (χ2n) is 2.86. The van der Waals surface area contributed by atoms with Crippen molar-refractivity contribution in [3.8, 4) is 0 Å². The highest BCUT2D eigenvalue weighted by molar-refractivity contribution is 7.80. The topological polar surface area (TPSA) is 66.4 Å². The lowest BCUT2D eigenvalue weighted by Gasteiger charge is -2.10. The molecule has 0 saturated heterocycles. The second kappa shape index (κ2) is 3.80. The molecule has 1 aliphatic rings. The van der Waals surface area contributed by atoms with Crippen molar-refractivity contribution in [1.29, 1.82) is 0 Å². The van der Waals surface area contributed by atoms with E-state index in [1.807, 2.05) is 0 Å². The van der Waals surface area contributed by atoms with Gasteiger partial charge in [-0.3, -0.25) is 4.79 Å².